The molecule has 4 rings (SSSR count). The number of methoxy groups -OCH3 is 1. The van der Waals surface area contributed by atoms with Crippen molar-refractivity contribution in [2.75, 3.05) is 25.1 Å². The molecule has 1 aliphatic heterocycles. The Morgan fingerprint density at radius 2 is 1.68 bits per heavy atom. The van der Waals surface area contributed by atoms with E-state index in [4.69, 9.17) is 4.74 Å². The highest BCUT2D eigenvalue weighted by molar-refractivity contribution is 6.08. The van der Waals surface area contributed by atoms with Gasteiger partial charge in [-0.15, -0.1) is 0 Å². The fourth-order valence-electron chi connectivity index (χ4n) is 3.73. The van der Waals surface area contributed by atoms with Gasteiger partial charge in [0.05, 0.1) is 12.8 Å². The largest absolute Gasteiger partial charge is 0.497 e. The standard InChI is InChI=1S/C23H22N2O3/c1-16-22(26)25(21-9-5-7-17-6-3-4-8-20(17)21)15-14-24(16)23(27)18-10-12-19(28-2)13-11-18/h3-13,16H,14-15H2,1-2H3/t16-/m0/s1. The van der Waals surface area contributed by atoms with E-state index in [0.29, 0.717) is 24.4 Å². The van der Waals surface area contributed by atoms with Crippen LogP contribution in [0.25, 0.3) is 10.8 Å². The van der Waals surface area contributed by atoms with Gasteiger partial charge in [0.1, 0.15) is 11.8 Å². The Labute approximate surface area is 164 Å². The molecule has 0 spiro atoms. The first-order chi connectivity index (χ1) is 13.6. The first-order valence-electron chi connectivity index (χ1n) is 9.34. The third kappa shape index (κ3) is 3.09. The summed E-state index contributed by atoms with van der Waals surface area (Å²) in [7, 11) is 1.59. The van der Waals surface area contributed by atoms with Crippen molar-refractivity contribution >= 4 is 28.3 Å². The molecular weight excluding hydrogens is 352 g/mol. The molecule has 0 N–H and O–H groups in total. The van der Waals surface area contributed by atoms with Crippen LogP contribution in [-0.4, -0.2) is 43.0 Å². The third-order valence-corrected chi connectivity index (χ3v) is 5.31. The number of hydrogen-bond acceptors (Lipinski definition) is 3. The fraction of sp³-hybridized carbons (Fsp3) is 0.217. The van der Waals surface area contributed by atoms with E-state index in [9.17, 15) is 9.59 Å². The molecule has 5 heteroatoms. The van der Waals surface area contributed by atoms with E-state index in [0.717, 1.165) is 16.5 Å². The Kier molecular flexibility index (Phi) is 4.74. The SMILES string of the molecule is COc1ccc(C(=O)N2CCN(c3cccc4ccccc34)C(=O)[C@@H]2C)cc1. The van der Waals surface area contributed by atoms with Gasteiger partial charge in [0.15, 0.2) is 0 Å². The minimum absolute atomic E-state index is 0.0653. The number of benzene rings is 3. The molecule has 5 nitrogen and oxygen atoms in total. The molecule has 0 bridgehead atoms. The van der Waals surface area contributed by atoms with E-state index < -0.39 is 6.04 Å². The van der Waals surface area contributed by atoms with Crippen molar-refractivity contribution in [3.05, 3.63) is 72.3 Å². The molecule has 0 aromatic heterocycles. The molecule has 1 saturated heterocycles. The van der Waals surface area contributed by atoms with Crippen LogP contribution in [-0.2, 0) is 4.79 Å². The van der Waals surface area contributed by atoms with Crippen LogP contribution < -0.4 is 9.64 Å². The van der Waals surface area contributed by atoms with Gasteiger partial charge in [-0.3, -0.25) is 9.59 Å². The molecule has 1 aliphatic rings. The molecule has 2 amide bonds. The van der Waals surface area contributed by atoms with Crippen LogP contribution in [0.15, 0.2) is 66.7 Å². The zero-order chi connectivity index (χ0) is 19.7. The van der Waals surface area contributed by atoms with Crippen molar-refractivity contribution in [2.45, 2.75) is 13.0 Å². The van der Waals surface area contributed by atoms with Crippen molar-refractivity contribution in [1.82, 2.24) is 4.90 Å². The average molecular weight is 374 g/mol. The van der Waals surface area contributed by atoms with Crippen LogP contribution in [0.4, 0.5) is 5.69 Å². The minimum atomic E-state index is -0.526. The summed E-state index contributed by atoms with van der Waals surface area (Å²) < 4.78 is 5.15. The Hall–Kier alpha value is -3.34. The van der Waals surface area contributed by atoms with Crippen LogP contribution in [0.3, 0.4) is 0 Å². The van der Waals surface area contributed by atoms with Gasteiger partial charge < -0.3 is 14.5 Å². The Morgan fingerprint density at radius 1 is 0.964 bits per heavy atom. The predicted molar refractivity (Wildman–Crippen MR) is 110 cm³/mol. The number of nitrogens with zero attached hydrogens (tertiary/aromatic N) is 2. The van der Waals surface area contributed by atoms with Gasteiger partial charge >= 0.3 is 0 Å². The molecule has 0 unspecified atom stereocenters. The van der Waals surface area contributed by atoms with Gasteiger partial charge in [0, 0.05) is 24.0 Å². The van der Waals surface area contributed by atoms with E-state index in [1.165, 1.54) is 0 Å². The molecule has 1 heterocycles. The highest BCUT2D eigenvalue weighted by atomic mass is 16.5. The summed E-state index contributed by atoms with van der Waals surface area (Å²) in [6.45, 7) is 2.75. The van der Waals surface area contributed by atoms with Crippen LogP contribution >= 0.6 is 0 Å². The first-order valence-corrected chi connectivity index (χ1v) is 9.34. The number of piperazine rings is 1. The minimum Gasteiger partial charge on any atom is -0.497 e. The summed E-state index contributed by atoms with van der Waals surface area (Å²) in [5.74, 6) is 0.493. The normalized spacial score (nSPS) is 17.1. The molecule has 0 aliphatic carbocycles. The molecule has 1 fully saturated rings. The number of rotatable bonds is 3. The maximum absolute atomic E-state index is 13.1. The summed E-state index contributed by atoms with van der Waals surface area (Å²) in [6.07, 6.45) is 0. The molecule has 0 radical (unpaired) electrons. The highest BCUT2D eigenvalue weighted by Gasteiger charge is 2.35. The molecule has 142 valence electrons. The van der Waals surface area contributed by atoms with Crippen LogP contribution in [0, 0.1) is 0 Å². The smallest absolute Gasteiger partial charge is 0.254 e. The highest BCUT2D eigenvalue weighted by Crippen LogP contribution is 2.29. The Balaban J connectivity index is 1.59. The Bertz CT molecular complexity index is 1020. The lowest BCUT2D eigenvalue weighted by Gasteiger charge is -2.39. The number of carbonyl (C=O) groups excluding carboxylic acids is 2. The molecule has 0 saturated carbocycles. The van der Waals surface area contributed by atoms with Gasteiger partial charge in [0.25, 0.3) is 5.91 Å². The molecule has 1 atom stereocenters. The second kappa shape index (κ2) is 7.35. The van der Waals surface area contributed by atoms with Gasteiger partial charge in [-0.25, -0.2) is 0 Å². The first kappa shape index (κ1) is 18.0. The number of hydrogen-bond donors (Lipinski definition) is 0. The second-order valence-electron chi connectivity index (χ2n) is 6.89. The number of carbonyl (C=O) groups is 2. The van der Waals surface area contributed by atoms with Crippen LogP contribution in [0.5, 0.6) is 5.75 Å². The topological polar surface area (TPSA) is 49.9 Å². The summed E-state index contributed by atoms with van der Waals surface area (Å²) in [5.41, 5.74) is 1.45. The van der Waals surface area contributed by atoms with Gasteiger partial charge in [-0.1, -0.05) is 36.4 Å². The van der Waals surface area contributed by atoms with Crippen LogP contribution in [0.2, 0.25) is 0 Å². The summed E-state index contributed by atoms with van der Waals surface area (Å²) in [4.78, 5) is 29.5. The molecular formula is C23H22N2O3. The lowest BCUT2D eigenvalue weighted by atomic mass is 10.0. The quantitative estimate of drug-likeness (QED) is 0.702. The fourth-order valence-corrected chi connectivity index (χ4v) is 3.73. The van der Waals surface area contributed by atoms with Crippen LogP contribution in [0.1, 0.15) is 17.3 Å². The van der Waals surface area contributed by atoms with Crippen molar-refractivity contribution in [2.24, 2.45) is 0 Å². The summed E-state index contributed by atoms with van der Waals surface area (Å²) >= 11 is 0. The van der Waals surface area contributed by atoms with Crippen molar-refractivity contribution in [3.8, 4) is 5.75 Å². The maximum atomic E-state index is 13.1. The summed E-state index contributed by atoms with van der Waals surface area (Å²) in [6, 6.07) is 20.4. The third-order valence-electron chi connectivity index (χ3n) is 5.31. The van der Waals surface area contributed by atoms with Crippen molar-refractivity contribution in [3.63, 3.8) is 0 Å². The Morgan fingerprint density at radius 3 is 2.43 bits per heavy atom. The monoisotopic (exact) mass is 374 g/mol. The van der Waals surface area contributed by atoms with Gasteiger partial charge in [-0.05, 0) is 42.6 Å². The number of fused-ring (bicyclic) bond motifs is 1. The van der Waals surface area contributed by atoms with Gasteiger partial charge in [-0.2, -0.15) is 0 Å². The van der Waals surface area contributed by atoms with E-state index in [-0.39, 0.29) is 11.8 Å². The number of amides is 2. The van der Waals surface area contributed by atoms with Gasteiger partial charge in [0.2, 0.25) is 5.91 Å². The maximum Gasteiger partial charge on any atom is 0.254 e. The predicted octanol–water partition coefficient (Wildman–Crippen LogP) is 3.73. The molecule has 3 aromatic carbocycles. The lowest BCUT2D eigenvalue weighted by molar-refractivity contribution is -0.124. The second-order valence-corrected chi connectivity index (χ2v) is 6.89. The van der Waals surface area contributed by atoms with E-state index in [1.54, 1.807) is 48.1 Å². The lowest BCUT2D eigenvalue weighted by Crippen LogP contribution is -2.57. The summed E-state index contributed by atoms with van der Waals surface area (Å²) in [5, 5.41) is 2.14. The van der Waals surface area contributed by atoms with Crippen molar-refractivity contribution in [1.29, 1.82) is 0 Å². The molecule has 3 aromatic rings. The number of anilines is 1. The zero-order valence-electron chi connectivity index (χ0n) is 16.0. The molecule has 28 heavy (non-hydrogen) atoms. The van der Waals surface area contributed by atoms with E-state index in [1.807, 2.05) is 42.5 Å². The van der Waals surface area contributed by atoms with E-state index >= 15 is 0 Å². The average Bonchev–Trinajstić information content (AvgIpc) is 2.75. The van der Waals surface area contributed by atoms with E-state index in [2.05, 4.69) is 0 Å². The van der Waals surface area contributed by atoms with Crippen molar-refractivity contribution < 1.29 is 14.3 Å². The number of ether oxygens (including phenoxy) is 1. The zero-order valence-corrected chi connectivity index (χ0v) is 16.0.